The predicted molar refractivity (Wildman–Crippen MR) is 66.1 cm³/mol. The van der Waals surface area contributed by atoms with Crippen molar-refractivity contribution in [3.05, 3.63) is 58.8 Å². The summed E-state index contributed by atoms with van der Waals surface area (Å²) >= 11 is 0. The van der Waals surface area contributed by atoms with E-state index in [1.165, 1.54) is 16.8 Å². The van der Waals surface area contributed by atoms with Gasteiger partial charge in [-0.05, 0) is 12.1 Å². The summed E-state index contributed by atoms with van der Waals surface area (Å²) in [6.45, 7) is 0. The first kappa shape index (κ1) is 12.0. The molecule has 0 bridgehead atoms. The first-order valence-electron chi connectivity index (χ1n) is 5.55. The highest BCUT2D eigenvalue weighted by atomic mass is 19.1. The smallest absolute Gasteiger partial charge is 0.272 e. The number of nitro benzene ring substituents is 1. The van der Waals surface area contributed by atoms with Crippen LogP contribution in [-0.2, 0) is 0 Å². The summed E-state index contributed by atoms with van der Waals surface area (Å²) in [5.74, 6) is -0.808. The predicted octanol–water partition coefficient (Wildman–Crippen LogP) is 2.57. The molecule has 0 spiro atoms. The number of hydrogen-bond acceptors (Lipinski definition) is 5. The monoisotopic (exact) mass is 274 g/mol. The molecule has 3 aromatic rings. The number of ether oxygens (including phenoxy) is 1. The summed E-state index contributed by atoms with van der Waals surface area (Å²) in [5.41, 5.74) is 0.218. The Hall–Kier alpha value is -3.03. The number of nitrogens with zero attached hydrogens (tertiary/aromatic N) is 4. The Morgan fingerprint density at radius 3 is 2.90 bits per heavy atom. The Balaban J connectivity index is 1.99. The van der Waals surface area contributed by atoms with Gasteiger partial charge in [0.25, 0.3) is 5.69 Å². The Morgan fingerprint density at radius 1 is 1.30 bits per heavy atom. The average molecular weight is 274 g/mol. The molecule has 0 saturated carbocycles. The van der Waals surface area contributed by atoms with Gasteiger partial charge in [0.05, 0.1) is 17.2 Å². The molecule has 0 aliphatic carbocycles. The van der Waals surface area contributed by atoms with Gasteiger partial charge in [0, 0.05) is 18.5 Å². The summed E-state index contributed by atoms with van der Waals surface area (Å²) in [6, 6.07) is 4.81. The van der Waals surface area contributed by atoms with Gasteiger partial charge in [-0.25, -0.2) is 13.9 Å². The highest BCUT2D eigenvalue weighted by molar-refractivity contribution is 5.56. The molecule has 0 amide bonds. The Morgan fingerprint density at radius 2 is 2.15 bits per heavy atom. The van der Waals surface area contributed by atoms with Crippen LogP contribution in [0.2, 0.25) is 0 Å². The number of rotatable bonds is 3. The molecule has 0 fully saturated rings. The van der Waals surface area contributed by atoms with E-state index in [-0.39, 0.29) is 17.3 Å². The second-order valence-corrected chi connectivity index (χ2v) is 3.87. The summed E-state index contributed by atoms with van der Waals surface area (Å²) in [7, 11) is 0. The van der Waals surface area contributed by atoms with Crippen LogP contribution in [0.1, 0.15) is 0 Å². The van der Waals surface area contributed by atoms with E-state index in [1.54, 1.807) is 18.5 Å². The fourth-order valence-electron chi connectivity index (χ4n) is 1.70. The average Bonchev–Trinajstić information content (AvgIpc) is 2.90. The third kappa shape index (κ3) is 2.03. The van der Waals surface area contributed by atoms with Crippen molar-refractivity contribution in [2.75, 3.05) is 0 Å². The number of benzene rings is 1. The molecule has 0 unspecified atom stereocenters. The van der Waals surface area contributed by atoms with Gasteiger partial charge < -0.3 is 4.74 Å². The highest BCUT2D eigenvalue weighted by Gasteiger charge is 2.14. The highest BCUT2D eigenvalue weighted by Crippen LogP contribution is 2.28. The SMILES string of the molecule is O=[N+]([O-])c1ccc(Oc2nccn3nccc23)c(F)c1. The Labute approximate surface area is 111 Å². The number of aromatic nitrogens is 3. The van der Waals surface area contributed by atoms with Crippen LogP contribution >= 0.6 is 0 Å². The summed E-state index contributed by atoms with van der Waals surface area (Å²) in [6.07, 6.45) is 4.63. The Kier molecular flexibility index (Phi) is 2.75. The summed E-state index contributed by atoms with van der Waals surface area (Å²) in [5, 5.41) is 14.5. The normalized spacial score (nSPS) is 10.7. The number of non-ortho nitro benzene ring substituents is 1. The maximum absolute atomic E-state index is 13.7. The molecule has 0 atom stereocenters. The van der Waals surface area contributed by atoms with Crippen LogP contribution in [0.25, 0.3) is 5.52 Å². The summed E-state index contributed by atoms with van der Waals surface area (Å²) < 4.78 is 20.6. The zero-order valence-corrected chi connectivity index (χ0v) is 9.93. The zero-order valence-electron chi connectivity index (χ0n) is 9.93. The van der Waals surface area contributed by atoms with Gasteiger partial charge in [-0.15, -0.1) is 0 Å². The van der Waals surface area contributed by atoms with Gasteiger partial charge >= 0.3 is 0 Å². The Bertz CT molecular complexity index is 802. The molecule has 2 heterocycles. The first-order valence-corrected chi connectivity index (χ1v) is 5.55. The van der Waals surface area contributed by atoms with E-state index in [2.05, 4.69) is 10.1 Å². The molecule has 2 aromatic heterocycles. The van der Waals surface area contributed by atoms with Crippen LogP contribution in [-0.4, -0.2) is 19.5 Å². The second kappa shape index (κ2) is 4.57. The van der Waals surface area contributed by atoms with Crippen molar-refractivity contribution in [1.29, 1.82) is 0 Å². The van der Waals surface area contributed by atoms with Crippen molar-refractivity contribution in [3.8, 4) is 11.6 Å². The van der Waals surface area contributed by atoms with Crippen molar-refractivity contribution in [2.24, 2.45) is 0 Å². The fraction of sp³-hybridized carbons (Fsp3) is 0. The van der Waals surface area contributed by atoms with E-state index in [9.17, 15) is 14.5 Å². The van der Waals surface area contributed by atoms with Crippen molar-refractivity contribution in [2.45, 2.75) is 0 Å². The molecule has 1 aromatic carbocycles. The van der Waals surface area contributed by atoms with E-state index in [1.807, 2.05) is 0 Å². The lowest BCUT2D eigenvalue weighted by Gasteiger charge is -2.06. The minimum Gasteiger partial charge on any atom is -0.434 e. The molecule has 0 aliphatic rings. The third-order valence-electron chi connectivity index (χ3n) is 2.62. The van der Waals surface area contributed by atoms with Crippen LogP contribution in [0.3, 0.4) is 0 Å². The molecule has 100 valence electrons. The van der Waals surface area contributed by atoms with Crippen molar-refractivity contribution in [3.63, 3.8) is 0 Å². The maximum Gasteiger partial charge on any atom is 0.272 e. The minimum atomic E-state index is -0.831. The quantitative estimate of drug-likeness (QED) is 0.541. The zero-order chi connectivity index (χ0) is 14.1. The van der Waals surface area contributed by atoms with Crippen molar-refractivity contribution in [1.82, 2.24) is 14.6 Å². The van der Waals surface area contributed by atoms with Crippen molar-refractivity contribution >= 4 is 11.2 Å². The van der Waals surface area contributed by atoms with E-state index in [0.717, 1.165) is 12.1 Å². The van der Waals surface area contributed by atoms with Gasteiger partial charge in [-0.1, -0.05) is 0 Å². The van der Waals surface area contributed by atoms with Crippen LogP contribution in [0.5, 0.6) is 11.6 Å². The lowest BCUT2D eigenvalue weighted by atomic mass is 10.3. The second-order valence-electron chi connectivity index (χ2n) is 3.87. The molecule has 3 rings (SSSR count). The summed E-state index contributed by atoms with van der Waals surface area (Å²) in [4.78, 5) is 13.8. The van der Waals surface area contributed by atoms with Gasteiger partial charge in [0.1, 0.15) is 5.52 Å². The van der Waals surface area contributed by atoms with Crippen LogP contribution < -0.4 is 4.74 Å². The van der Waals surface area contributed by atoms with E-state index >= 15 is 0 Å². The molecule has 0 aliphatic heterocycles. The lowest BCUT2D eigenvalue weighted by molar-refractivity contribution is -0.385. The molecule has 8 heteroatoms. The molecular weight excluding hydrogens is 267 g/mol. The van der Waals surface area contributed by atoms with E-state index in [4.69, 9.17) is 4.74 Å². The minimum absolute atomic E-state index is 0.141. The van der Waals surface area contributed by atoms with Gasteiger partial charge in [0.2, 0.25) is 5.88 Å². The van der Waals surface area contributed by atoms with Crippen molar-refractivity contribution < 1.29 is 14.1 Å². The largest absolute Gasteiger partial charge is 0.434 e. The van der Waals surface area contributed by atoms with E-state index in [0.29, 0.717) is 5.52 Å². The molecular formula is C12H7FN4O3. The van der Waals surface area contributed by atoms with Gasteiger partial charge in [-0.3, -0.25) is 10.1 Å². The number of hydrogen-bond donors (Lipinski definition) is 0. The van der Waals surface area contributed by atoms with Gasteiger partial charge in [-0.2, -0.15) is 5.10 Å². The number of fused-ring (bicyclic) bond motifs is 1. The lowest BCUT2D eigenvalue weighted by Crippen LogP contribution is -1.96. The topological polar surface area (TPSA) is 82.6 Å². The van der Waals surface area contributed by atoms with Crippen LogP contribution in [0, 0.1) is 15.9 Å². The third-order valence-corrected chi connectivity index (χ3v) is 2.62. The fourth-order valence-corrected chi connectivity index (χ4v) is 1.70. The molecule has 7 nitrogen and oxygen atoms in total. The standard InChI is InChI=1S/C12H7FN4O3/c13-9-7-8(17(18)19)1-2-11(9)20-12-10-3-4-15-16(10)6-5-14-12/h1-7H. The van der Waals surface area contributed by atoms with Gasteiger partial charge in [0.15, 0.2) is 11.6 Å². The molecule has 0 radical (unpaired) electrons. The molecule has 20 heavy (non-hydrogen) atoms. The van der Waals surface area contributed by atoms with E-state index < -0.39 is 10.7 Å². The number of halogens is 1. The maximum atomic E-state index is 13.7. The molecule has 0 N–H and O–H groups in total. The first-order chi connectivity index (χ1) is 9.65. The van der Waals surface area contributed by atoms with Crippen LogP contribution in [0.4, 0.5) is 10.1 Å². The van der Waals surface area contributed by atoms with Crippen LogP contribution in [0.15, 0.2) is 42.9 Å². The molecule has 0 saturated heterocycles. The number of nitro groups is 1.